The summed E-state index contributed by atoms with van der Waals surface area (Å²) in [6.45, 7) is 6.24. The molecule has 3 nitrogen and oxygen atoms in total. The molecule has 0 aliphatic heterocycles. The van der Waals surface area contributed by atoms with E-state index in [1.165, 1.54) is 12.1 Å². The molecule has 1 saturated carbocycles. The Labute approximate surface area is 141 Å². The number of anilines is 1. The second-order valence-corrected chi connectivity index (χ2v) is 7.47. The van der Waals surface area contributed by atoms with Crippen molar-refractivity contribution in [1.82, 2.24) is 0 Å². The lowest BCUT2D eigenvalue weighted by Crippen LogP contribution is -2.16. The van der Waals surface area contributed by atoms with Crippen LogP contribution in [0.2, 0.25) is 0 Å². The number of benzene rings is 2. The first-order valence-electron chi connectivity index (χ1n) is 8.15. The van der Waals surface area contributed by atoms with Gasteiger partial charge in [-0.25, -0.2) is 4.39 Å². The summed E-state index contributed by atoms with van der Waals surface area (Å²) in [4.78, 5) is 12.4. The van der Waals surface area contributed by atoms with Crippen LogP contribution in [0.1, 0.15) is 44.2 Å². The van der Waals surface area contributed by atoms with Crippen molar-refractivity contribution in [2.75, 3.05) is 5.32 Å². The van der Waals surface area contributed by atoms with Crippen LogP contribution in [-0.4, -0.2) is 11.0 Å². The first-order valence-corrected chi connectivity index (χ1v) is 8.15. The molecule has 1 amide bonds. The quantitative estimate of drug-likeness (QED) is 0.811. The number of amides is 1. The van der Waals surface area contributed by atoms with E-state index in [1.807, 2.05) is 12.1 Å². The summed E-state index contributed by atoms with van der Waals surface area (Å²) in [7, 11) is 0. The summed E-state index contributed by atoms with van der Waals surface area (Å²) < 4.78 is 13.0. The largest absolute Gasteiger partial charge is 0.506 e. The number of phenolic OH excluding ortho intramolecular Hbond substituents is 1. The van der Waals surface area contributed by atoms with Gasteiger partial charge in [0.25, 0.3) is 0 Å². The van der Waals surface area contributed by atoms with Gasteiger partial charge < -0.3 is 10.4 Å². The zero-order valence-corrected chi connectivity index (χ0v) is 14.1. The van der Waals surface area contributed by atoms with E-state index >= 15 is 0 Å². The molecule has 24 heavy (non-hydrogen) atoms. The van der Waals surface area contributed by atoms with Crippen molar-refractivity contribution >= 4 is 11.6 Å². The van der Waals surface area contributed by atoms with Crippen LogP contribution >= 0.6 is 0 Å². The minimum absolute atomic E-state index is 0.0651. The van der Waals surface area contributed by atoms with Gasteiger partial charge in [0.05, 0.1) is 5.69 Å². The molecule has 126 valence electrons. The number of rotatable bonds is 3. The van der Waals surface area contributed by atoms with Gasteiger partial charge >= 0.3 is 0 Å². The number of hydrogen-bond donors (Lipinski definition) is 2. The lowest BCUT2D eigenvalue weighted by molar-refractivity contribution is -0.117. The molecule has 0 radical (unpaired) electrons. The van der Waals surface area contributed by atoms with E-state index in [1.54, 1.807) is 18.2 Å². The maximum atomic E-state index is 13.0. The lowest BCUT2D eigenvalue weighted by Gasteiger charge is -2.20. The fourth-order valence-electron chi connectivity index (χ4n) is 2.89. The number of carbonyl (C=O) groups is 1. The number of carbonyl (C=O) groups excluding carboxylic acids is 1. The van der Waals surface area contributed by atoms with E-state index in [9.17, 15) is 14.3 Å². The minimum atomic E-state index is -0.274. The highest BCUT2D eigenvalue weighted by Gasteiger charge is 2.44. The van der Waals surface area contributed by atoms with Crippen molar-refractivity contribution in [1.29, 1.82) is 0 Å². The standard InChI is InChI=1S/C20H22FNO2/c1-20(2,3)13-6-9-18(23)17(10-13)22-19(24)16-11-15(16)12-4-7-14(21)8-5-12/h4-10,15-16,23H,11H2,1-3H3,(H,22,24)/t15-,16-/m1/s1. The summed E-state index contributed by atoms with van der Waals surface area (Å²) in [5.74, 6) is -0.322. The normalized spacial score (nSPS) is 19.8. The molecule has 0 heterocycles. The Balaban J connectivity index is 1.71. The van der Waals surface area contributed by atoms with E-state index in [0.29, 0.717) is 5.69 Å². The minimum Gasteiger partial charge on any atom is -0.506 e. The van der Waals surface area contributed by atoms with Crippen LogP contribution in [0.25, 0.3) is 0 Å². The third kappa shape index (κ3) is 3.42. The Kier molecular flexibility index (Phi) is 4.08. The first kappa shape index (κ1) is 16.5. The van der Waals surface area contributed by atoms with Gasteiger partial charge in [0.15, 0.2) is 0 Å². The van der Waals surface area contributed by atoms with Crippen molar-refractivity contribution in [3.8, 4) is 5.75 Å². The molecule has 1 fully saturated rings. The molecule has 1 aliphatic rings. The van der Waals surface area contributed by atoms with E-state index < -0.39 is 0 Å². The molecule has 0 bridgehead atoms. The summed E-state index contributed by atoms with van der Waals surface area (Å²) in [5, 5.41) is 12.8. The number of nitrogens with one attached hydrogen (secondary N) is 1. The predicted molar refractivity (Wildman–Crippen MR) is 92.7 cm³/mol. The number of aromatic hydroxyl groups is 1. The van der Waals surface area contributed by atoms with Crippen molar-refractivity contribution in [3.63, 3.8) is 0 Å². The monoisotopic (exact) mass is 327 g/mol. The zero-order chi connectivity index (χ0) is 17.5. The Morgan fingerprint density at radius 3 is 2.46 bits per heavy atom. The Hall–Kier alpha value is -2.36. The average molecular weight is 327 g/mol. The van der Waals surface area contributed by atoms with Crippen LogP contribution in [0.3, 0.4) is 0 Å². The fourth-order valence-corrected chi connectivity index (χ4v) is 2.89. The summed E-state index contributed by atoms with van der Waals surface area (Å²) in [5.41, 5.74) is 2.39. The molecule has 3 rings (SSSR count). The molecule has 0 saturated heterocycles. The average Bonchev–Trinajstić information content (AvgIpc) is 3.29. The Bertz CT molecular complexity index is 762. The molecular weight excluding hydrogens is 305 g/mol. The van der Waals surface area contributed by atoms with E-state index in [-0.39, 0.29) is 34.7 Å². The predicted octanol–water partition coefficient (Wildman–Crippen LogP) is 4.57. The van der Waals surface area contributed by atoms with Crippen LogP contribution in [0, 0.1) is 11.7 Å². The SMILES string of the molecule is CC(C)(C)c1ccc(O)c(NC(=O)[C@@H]2C[C@@H]2c2ccc(F)cc2)c1. The topological polar surface area (TPSA) is 49.3 Å². The molecule has 0 spiro atoms. The highest BCUT2D eigenvalue weighted by molar-refractivity contribution is 5.96. The van der Waals surface area contributed by atoms with Crippen molar-refractivity contribution in [2.24, 2.45) is 5.92 Å². The molecule has 2 atom stereocenters. The van der Waals surface area contributed by atoms with E-state index in [4.69, 9.17) is 0 Å². The Morgan fingerprint density at radius 2 is 1.83 bits per heavy atom. The maximum Gasteiger partial charge on any atom is 0.228 e. The summed E-state index contributed by atoms with van der Waals surface area (Å²) >= 11 is 0. The highest BCUT2D eigenvalue weighted by atomic mass is 19.1. The molecule has 4 heteroatoms. The van der Waals surface area contributed by atoms with E-state index in [2.05, 4.69) is 26.1 Å². The van der Waals surface area contributed by atoms with Crippen LogP contribution in [0.5, 0.6) is 5.75 Å². The highest BCUT2D eigenvalue weighted by Crippen LogP contribution is 2.48. The zero-order valence-electron chi connectivity index (χ0n) is 14.1. The summed E-state index contributed by atoms with van der Waals surface area (Å²) in [6, 6.07) is 11.6. The second-order valence-electron chi connectivity index (χ2n) is 7.47. The molecule has 1 aliphatic carbocycles. The molecule has 0 unspecified atom stereocenters. The maximum absolute atomic E-state index is 13.0. The van der Waals surface area contributed by atoms with Gasteiger partial charge in [-0.1, -0.05) is 39.0 Å². The third-order valence-corrected chi connectivity index (χ3v) is 4.55. The first-order chi connectivity index (χ1) is 11.3. The Morgan fingerprint density at radius 1 is 1.17 bits per heavy atom. The lowest BCUT2D eigenvalue weighted by atomic mass is 9.87. The van der Waals surface area contributed by atoms with Gasteiger partial charge in [-0.15, -0.1) is 0 Å². The molecule has 0 aromatic heterocycles. The number of phenols is 1. The van der Waals surface area contributed by atoms with Crippen LogP contribution in [0.15, 0.2) is 42.5 Å². The van der Waals surface area contributed by atoms with Gasteiger partial charge in [-0.2, -0.15) is 0 Å². The van der Waals surface area contributed by atoms with Crippen LogP contribution in [0.4, 0.5) is 10.1 Å². The third-order valence-electron chi connectivity index (χ3n) is 4.55. The second kappa shape index (κ2) is 5.93. The molecule has 2 aromatic rings. The fraction of sp³-hybridized carbons (Fsp3) is 0.350. The van der Waals surface area contributed by atoms with Gasteiger partial charge in [0.2, 0.25) is 5.91 Å². The van der Waals surface area contributed by atoms with Gasteiger partial charge in [-0.05, 0) is 53.1 Å². The van der Waals surface area contributed by atoms with Crippen molar-refractivity contribution in [2.45, 2.75) is 38.5 Å². The van der Waals surface area contributed by atoms with E-state index in [0.717, 1.165) is 17.5 Å². The molecular formula is C20H22FNO2. The van der Waals surface area contributed by atoms with Crippen LogP contribution < -0.4 is 5.32 Å². The number of halogens is 1. The molecule has 2 aromatic carbocycles. The van der Waals surface area contributed by atoms with Gasteiger partial charge in [-0.3, -0.25) is 4.79 Å². The molecule has 2 N–H and O–H groups in total. The van der Waals surface area contributed by atoms with Gasteiger partial charge in [0, 0.05) is 5.92 Å². The van der Waals surface area contributed by atoms with Crippen molar-refractivity contribution in [3.05, 3.63) is 59.4 Å². The van der Waals surface area contributed by atoms with Crippen LogP contribution in [-0.2, 0) is 10.2 Å². The van der Waals surface area contributed by atoms with Gasteiger partial charge in [0.1, 0.15) is 11.6 Å². The summed E-state index contributed by atoms with van der Waals surface area (Å²) in [6.07, 6.45) is 0.747. The van der Waals surface area contributed by atoms with Crippen molar-refractivity contribution < 1.29 is 14.3 Å². The smallest absolute Gasteiger partial charge is 0.228 e. The number of hydrogen-bond acceptors (Lipinski definition) is 2.